The molecule has 3 rings (SSSR count). The maximum absolute atomic E-state index is 12.7. The number of carbonyl (C=O) groups excluding carboxylic acids is 1. The minimum absolute atomic E-state index is 0.0168. The number of fused-ring (bicyclic) bond motifs is 1. The molecule has 0 N–H and O–H groups in total. The van der Waals surface area contributed by atoms with Crippen molar-refractivity contribution >= 4 is 11.6 Å². The fraction of sp³-hybridized carbons (Fsp3) is 0.316. The predicted molar refractivity (Wildman–Crippen MR) is 88.5 cm³/mol. The van der Waals surface area contributed by atoms with Crippen molar-refractivity contribution in [3.63, 3.8) is 0 Å². The monoisotopic (exact) mass is 295 g/mol. The van der Waals surface area contributed by atoms with Crippen LogP contribution >= 0.6 is 0 Å². The maximum atomic E-state index is 12.7. The van der Waals surface area contributed by atoms with Gasteiger partial charge in [-0.1, -0.05) is 24.3 Å². The van der Waals surface area contributed by atoms with Crippen LogP contribution in [-0.4, -0.2) is 18.6 Å². The molecule has 1 aliphatic heterocycles. The lowest BCUT2D eigenvalue weighted by Gasteiger charge is -2.22. The van der Waals surface area contributed by atoms with Gasteiger partial charge in [0.15, 0.2) is 6.10 Å². The average molecular weight is 295 g/mol. The van der Waals surface area contributed by atoms with Crippen molar-refractivity contribution in [2.45, 2.75) is 33.3 Å². The summed E-state index contributed by atoms with van der Waals surface area (Å²) < 4.78 is 5.85. The van der Waals surface area contributed by atoms with Crippen LogP contribution in [0, 0.1) is 13.8 Å². The van der Waals surface area contributed by atoms with Gasteiger partial charge in [0.1, 0.15) is 5.75 Å². The van der Waals surface area contributed by atoms with Gasteiger partial charge in [-0.05, 0) is 62.1 Å². The zero-order valence-corrected chi connectivity index (χ0v) is 13.3. The minimum atomic E-state index is -0.492. The molecule has 0 aromatic heterocycles. The van der Waals surface area contributed by atoms with Crippen LogP contribution in [-0.2, 0) is 11.2 Å². The number of benzene rings is 2. The molecule has 0 unspecified atom stereocenters. The SMILES string of the molecule is Cc1ccc(O[C@@H](C)C(=O)N2CCc3ccccc32)cc1C. The summed E-state index contributed by atoms with van der Waals surface area (Å²) >= 11 is 0. The van der Waals surface area contributed by atoms with E-state index in [4.69, 9.17) is 4.74 Å². The Kier molecular flexibility index (Phi) is 3.88. The molecule has 0 bridgehead atoms. The van der Waals surface area contributed by atoms with Crippen molar-refractivity contribution in [2.24, 2.45) is 0 Å². The van der Waals surface area contributed by atoms with Gasteiger partial charge in [0, 0.05) is 12.2 Å². The van der Waals surface area contributed by atoms with E-state index in [1.807, 2.05) is 55.1 Å². The Labute approximate surface area is 131 Å². The quantitative estimate of drug-likeness (QED) is 0.865. The molecule has 2 aromatic rings. The summed E-state index contributed by atoms with van der Waals surface area (Å²) in [5.74, 6) is 0.764. The van der Waals surface area contributed by atoms with Crippen LogP contribution in [0.4, 0.5) is 5.69 Å². The number of hydrogen-bond donors (Lipinski definition) is 0. The van der Waals surface area contributed by atoms with E-state index in [0.717, 1.165) is 24.4 Å². The second-order valence-electron chi connectivity index (χ2n) is 5.87. The third-order valence-electron chi connectivity index (χ3n) is 4.29. The Morgan fingerprint density at radius 1 is 1.14 bits per heavy atom. The Morgan fingerprint density at radius 3 is 2.68 bits per heavy atom. The first kappa shape index (κ1) is 14.6. The highest BCUT2D eigenvalue weighted by molar-refractivity contribution is 5.98. The molecule has 0 spiro atoms. The number of carbonyl (C=O) groups is 1. The number of anilines is 1. The lowest BCUT2D eigenvalue weighted by Crippen LogP contribution is -2.39. The molecule has 0 radical (unpaired) electrons. The van der Waals surface area contributed by atoms with Gasteiger partial charge in [-0.3, -0.25) is 4.79 Å². The zero-order chi connectivity index (χ0) is 15.7. The standard InChI is InChI=1S/C19H21NO2/c1-13-8-9-17(12-14(13)2)22-15(3)19(21)20-11-10-16-6-4-5-7-18(16)20/h4-9,12,15H,10-11H2,1-3H3/t15-/m0/s1. The summed E-state index contributed by atoms with van der Waals surface area (Å²) in [5, 5.41) is 0. The highest BCUT2D eigenvalue weighted by Gasteiger charge is 2.28. The number of amides is 1. The largest absolute Gasteiger partial charge is 0.481 e. The average Bonchev–Trinajstić information content (AvgIpc) is 2.94. The molecule has 1 atom stereocenters. The molecule has 1 amide bonds. The van der Waals surface area contributed by atoms with E-state index in [1.165, 1.54) is 16.7 Å². The zero-order valence-electron chi connectivity index (χ0n) is 13.3. The van der Waals surface area contributed by atoms with Gasteiger partial charge in [-0.2, -0.15) is 0 Å². The van der Waals surface area contributed by atoms with Crippen molar-refractivity contribution in [3.05, 3.63) is 59.2 Å². The van der Waals surface area contributed by atoms with E-state index in [1.54, 1.807) is 0 Å². The Balaban J connectivity index is 1.74. The maximum Gasteiger partial charge on any atom is 0.267 e. The first-order valence-corrected chi connectivity index (χ1v) is 7.69. The third kappa shape index (κ3) is 2.71. The van der Waals surface area contributed by atoms with Crippen LogP contribution in [0.1, 0.15) is 23.6 Å². The van der Waals surface area contributed by atoms with Gasteiger partial charge >= 0.3 is 0 Å². The van der Waals surface area contributed by atoms with Crippen molar-refractivity contribution in [2.75, 3.05) is 11.4 Å². The van der Waals surface area contributed by atoms with E-state index < -0.39 is 6.10 Å². The minimum Gasteiger partial charge on any atom is -0.481 e. The van der Waals surface area contributed by atoms with Crippen molar-refractivity contribution < 1.29 is 9.53 Å². The van der Waals surface area contributed by atoms with Crippen molar-refractivity contribution in [3.8, 4) is 5.75 Å². The van der Waals surface area contributed by atoms with Gasteiger partial charge < -0.3 is 9.64 Å². The Morgan fingerprint density at radius 2 is 1.91 bits per heavy atom. The van der Waals surface area contributed by atoms with Crippen molar-refractivity contribution in [1.29, 1.82) is 0 Å². The second-order valence-corrected chi connectivity index (χ2v) is 5.87. The summed E-state index contributed by atoms with van der Waals surface area (Å²) in [4.78, 5) is 14.5. The molecule has 1 heterocycles. The molecule has 1 aliphatic rings. The van der Waals surface area contributed by atoms with E-state index in [-0.39, 0.29) is 5.91 Å². The summed E-state index contributed by atoms with van der Waals surface area (Å²) in [5.41, 5.74) is 4.64. The van der Waals surface area contributed by atoms with Gasteiger partial charge in [0.2, 0.25) is 0 Å². The van der Waals surface area contributed by atoms with Gasteiger partial charge in [0.05, 0.1) is 0 Å². The van der Waals surface area contributed by atoms with Crippen LogP contribution in [0.5, 0.6) is 5.75 Å². The second kappa shape index (κ2) is 5.84. The molecule has 114 valence electrons. The van der Waals surface area contributed by atoms with Crippen LogP contribution in [0.2, 0.25) is 0 Å². The number of rotatable bonds is 3. The molecule has 0 fully saturated rings. The number of aryl methyl sites for hydroxylation is 2. The summed E-state index contributed by atoms with van der Waals surface area (Å²) in [7, 11) is 0. The topological polar surface area (TPSA) is 29.5 Å². The van der Waals surface area contributed by atoms with Gasteiger partial charge in [-0.25, -0.2) is 0 Å². The molecule has 0 saturated carbocycles. The Bertz CT molecular complexity index is 708. The van der Waals surface area contributed by atoms with Crippen LogP contribution < -0.4 is 9.64 Å². The molecule has 3 heteroatoms. The lowest BCUT2D eigenvalue weighted by molar-refractivity contribution is -0.124. The van der Waals surface area contributed by atoms with Crippen LogP contribution in [0.15, 0.2) is 42.5 Å². The molecular formula is C19H21NO2. The summed E-state index contributed by atoms with van der Waals surface area (Å²) in [6, 6.07) is 14.0. The highest BCUT2D eigenvalue weighted by Crippen LogP contribution is 2.28. The molecule has 0 aliphatic carbocycles. The molecular weight excluding hydrogens is 274 g/mol. The van der Waals surface area contributed by atoms with E-state index in [2.05, 4.69) is 13.0 Å². The first-order chi connectivity index (χ1) is 10.6. The van der Waals surface area contributed by atoms with Gasteiger partial charge in [-0.15, -0.1) is 0 Å². The van der Waals surface area contributed by atoms with E-state index >= 15 is 0 Å². The van der Waals surface area contributed by atoms with E-state index in [0.29, 0.717) is 0 Å². The van der Waals surface area contributed by atoms with Gasteiger partial charge in [0.25, 0.3) is 5.91 Å². The molecule has 22 heavy (non-hydrogen) atoms. The van der Waals surface area contributed by atoms with Crippen LogP contribution in [0.25, 0.3) is 0 Å². The van der Waals surface area contributed by atoms with E-state index in [9.17, 15) is 4.79 Å². The smallest absolute Gasteiger partial charge is 0.267 e. The van der Waals surface area contributed by atoms with Crippen molar-refractivity contribution in [1.82, 2.24) is 0 Å². The molecule has 3 nitrogen and oxygen atoms in total. The predicted octanol–water partition coefficient (Wildman–Crippen LogP) is 3.66. The number of nitrogens with zero attached hydrogens (tertiary/aromatic N) is 1. The summed E-state index contributed by atoms with van der Waals surface area (Å²) in [6.45, 7) is 6.66. The third-order valence-corrected chi connectivity index (χ3v) is 4.29. The Hall–Kier alpha value is -2.29. The fourth-order valence-electron chi connectivity index (χ4n) is 2.83. The van der Waals surface area contributed by atoms with Crippen LogP contribution in [0.3, 0.4) is 0 Å². The number of hydrogen-bond acceptors (Lipinski definition) is 2. The molecule has 2 aromatic carbocycles. The first-order valence-electron chi connectivity index (χ1n) is 7.69. The molecule has 0 saturated heterocycles. The fourth-order valence-corrected chi connectivity index (χ4v) is 2.83. The summed E-state index contributed by atoms with van der Waals surface area (Å²) in [6.07, 6.45) is 0.423. The number of para-hydroxylation sites is 1. The highest BCUT2D eigenvalue weighted by atomic mass is 16.5. The lowest BCUT2D eigenvalue weighted by atomic mass is 10.1. The number of ether oxygens (including phenoxy) is 1. The normalized spacial score (nSPS) is 14.6.